The van der Waals surface area contributed by atoms with E-state index in [1.54, 1.807) is 35.1 Å². The molecule has 1 aliphatic rings. The Morgan fingerprint density at radius 1 is 0.706 bits per heavy atom. The maximum atomic E-state index is 12.9. The van der Waals surface area contributed by atoms with Crippen LogP contribution in [0, 0.1) is 0 Å². The second-order valence-corrected chi connectivity index (χ2v) is 8.23. The van der Waals surface area contributed by atoms with Crippen LogP contribution in [-0.2, 0) is 4.79 Å². The number of hydrogen-bond donors (Lipinski definition) is 0. The lowest BCUT2D eigenvalue weighted by atomic mass is 10.0. The third kappa shape index (κ3) is 5.03. The summed E-state index contributed by atoms with van der Waals surface area (Å²) in [6.45, 7) is 1.78. The Kier molecular flexibility index (Phi) is 7.11. The van der Waals surface area contributed by atoms with Crippen LogP contribution in [0.5, 0.6) is 11.5 Å². The topological polar surface area (TPSA) is 76.2 Å². The monoisotopic (exact) mass is 460 g/mol. The zero-order valence-electron chi connectivity index (χ0n) is 19.5. The molecule has 0 unspecified atom stereocenters. The number of Topliss-reactive ketones (excluding diaryl/α,β-unsaturated/α-hetero) is 1. The predicted octanol–water partition coefficient (Wildman–Crippen LogP) is 3.80. The minimum atomic E-state index is -0.112. The molecule has 0 aliphatic carbocycles. The number of carbonyl (C=O) groups excluding carboxylic acids is 3. The standard InChI is InChI=1S/C27H28N2O5/c1-33-24-11-9-22(18-25(24)34-2)27(32)29-15-13-28(14-16-29)26(31)12-10-23(30)21-8-7-19-5-3-4-6-20(19)17-21/h3-9,11,17-18H,10,12-16H2,1-2H3. The normalized spacial score (nSPS) is 13.6. The molecule has 1 heterocycles. The molecule has 34 heavy (non-hydrogen) atoms. The molecular weight excluding hydrogens is 432 g/mol. The third-order valence-electron chi connectivity index (χ3n) is 6.19. The van der Waals surface area contributed by atoms with Crippen LogP contribution in [0.4, 0.5) is 0 Å². The summed E-state index contributed by atoms with van der Waals surface area (Å²) >= 11 is 0. The van der Waals surface area contributed by atoms with Gasteiger partial charge in [0, 0.05) is 50.1 Å². The summed E-state index contributed by atoms with van der Waals surface area (Å²) in [5, 5.41) is 2.09. The number of piperazine rings is 1. The van der Waals surface area contributed by atoms with Gasteiger partial charge >= 0.3 is 0 Å². The van der Waals surface area contributed by atoms with E-state index in [0.29, 0.717) is 48.8 Å². The Morgan fingerprint density at radius 3 is 2.06 bits per heavy atom. The summed E-state index contributed by atoms with van der Waals surface area (Å²) in [7, 11) is 3.08. The third-order valence-corrected chi connectivity index (χ3v) is 6.19. The molecule has 3 aromatic carbocycles. The van der Waals surface area contributed by atoms with Crippen molar-refractivity contribution in [3.63, 3.8) is 0 Å². The van der Waals surface area contributed by atoms with Gasteiger partial charge < -0.3 is 19.3 Å². The van der Waals surface area contributed by atoms with Crippen molar-refractivity contribution >= 4 is 28.4 Å². The van der Waals surface area contributed by atoms with Crippen molar-refractivity contribution in [1.82, 2.24) is 9.80 Å². The number of ether oxygens (including phenoxy) is 2. The molecule has 176 valence electrons. The number of ketones is 1. The summed E-state index contributed by atoms with van der Waals surface area (Å²) in [6, 6.07) is 18.6. The molecule has 1 aliphatic heterocycles. The van der Waals surface area contributed by atoms with Crippen LogP contribution in [0.25, 0.3) is 10.8 Å². The van der Waals surface area contributed by atoms with Crippen molar-refractivity contribution in [3.8, 4) is 11.5 Å². The minimum Gasteiger partial charge on any atom is -0.493 e. The zero-order valence-corrected chi connectivity index (χ0v) is 19.5. The second-order valence-electron chi connectivity index (χ2n) is 8.23. The van der Waals surface area contributed by atoms with Gasteiger partial charge in [-0.25, -0.2) is 0 Å². The number of nitrogens with zero attached hydrogens (tertiary/aromatic N) is 2. The predicted molar refractivity (Wildman–Crippen MR) is 130 cm³/mol. The highest BCUT2D eigenvalue weighted by Crippen LogP contribution is 2.28. The molecule has 1 saturated heterocycles. The molecule has 0 aromatic heterocycles. The van der Waals surface area contributed by atoms with Crippen LogP contribution in [-0.4, -0.2) is 67.8 Å². The summed E-state index contributed by atoms with van der Waals surface area (Å²) in [5.74, 6) is 0.846. The quantitative estimate of drug-likeness (QED) is 0.501. The molecule has 2 amide bonds. The Bertz CT molecular complexity index is 1210. The number of methoxy groups -OCH3 is 2. The number of benzene rings is 3. The van der Waals surface area contributed by atoms with Crippen LogP contribution in [0.2, 0.25) is 0 Å². The summed E-state index contributed by atoms with van der Waals surface area (Å²) in [4.78, 5) is 41.7. The van der Waals surface area contributed by atoms with E-state index in [0.717, 1.165) is 10.8 Å². The fourth-order valence-corrected chi connectivity index (χ4v) is 4.20. The summed E-state index contributed by atoms with van der Waals surface area (Å²) in [6.07, 6.45) is 0.331. The molecule has 0 saturated carbocycles. The van der Waals surface area contributed by atoms with E-state index in [2.05, 4.69) is 0 Å². The highest BCUT2D eigenvalue weighted by atomic mass is 16.5. The van der Waals surface area contributed by atoms with Crippen molar-refractivity contribution in [2.24, 2.45) is 0 Å². The first kappa shape index (κ1) is 23.3. The van der Waals surface area contributed by atoms with Crippen LogP contribution in [0.1, 0.15) is 33.6 Å². The van der Waals surface area contributed by atoms with Gasteiger partial charge in [-0.15, -0.1) is 0 Å². The van der Waals surface area contributed by atoms with E-state index in [1.165, 1.54) is 7.11 Å². The van der Waals surface area contributed by atoms with Gasteiger partial charge in [-0.3, -0.25) is 14.4 Å². The zero-order chi connectivity index (χ0) is 24.1. The van der Waals surface area contributed by atoms with E-state index in [4.69, 9.17) is 9.47 Å². The lowest BCUT2D eigenvalue weighted by Gasteiger charge is -2.35. The molecular formula is C27H28N2O5. The molecule has 4 rings (SSSR count). The van der Waals surface area contributed by atoms with Gasteiger partial charge in [0.1, 0.15) is 0 Å². The van der Waals surface area contributed by atoms with Crippen LogP contribution in [0.15, 0.2) is 60.7 Å². The average Bonchev–Trinajstić information content (AvgIpc) is 2.90. The molecule has 3 aromatic rings. The van der Waals surface area contributed by atoms with E-state index in [9.17, 15) is 14.4 Å². The number of rotatable bonds is 7. The first-order valence-electron chi connectivity index (χ1n) is 11.3. The molecule has 0 bridgehead atoms. The number of fused-ring (bicyclic) bond motifs is 1. The highest BCUT2D eigenvalue weighted by Gasteiger charge is 2.25. The Balaban J connectivity index is 1.29. The van der Waals surface area contributed by atoms with Crippen molar-refractivity contribution in [3.05, 3.63) is 71.8 Å². The van der Waals surface area contributed by atoms with Gasteiger partial charge in [-0.05, 0) is 35.0 Å². The minimum absolute atomic E-state index is 0.0404. The van der Waals surface area contributed by atoms with Gasteiger partial charge in [0.25, 0.3) is 5.91 Å². The van der Waals surface area contributed by atoms with E-state index < -0.39 is 0 Å². The molecule has 7 heteroatoms. The van der Waals surface area contributed by atoms with Gasteiger partial charge in [0.05, 0.1) is 14.2 Å². The van der Waals surface area contributed by atoms with Crippen molar-refractivity contribution < 1.29 is 23.9 Å². The SMILES string of the molecule is COc1ccc(C(=O)N2CCN(C(=O)CCC(=O)c3ccc4ccccc4c3)CC2)cc1OC. The smallest absolute Gasteiger partial charge is 0.254 e. The Hall–Kier alpha value is -3.87. The van der Waals surface area contributed by atoms with Gasteiger partial charge in [0.2, 0.25) is 5.91 Å². The number of hydrogen-bond acceptors (Lipinski definition) is 5. The fraction of sp³-hybridized carbons (Fsp3) is 0.296. The van der Waals surface area contributed by atoms with Crippen LogP contribution >= 0.6 is 0 Å². The molecule has 0 spiro atoms. The fourth-order valence-electron chi connectivity index (χ4n) is 4.20. The highest BCUT2D eigenvalue weighted by molar-refractivity contribution is 6.01. The van der Waals surface area contributed by atoms with Gasteiger partial charge in [-0.2, -0.15) is 0 Å². The van der Waals surface area contributed by atoms with Crippen molar-refractivity contribution in [1.29, 1.82) is 0 Å². The lowest BCUT2D eigenvalue weighted by molar-refractivity contribution is -0.132. The number of amides is 2. The van der Waals surface area contributed by atoms with E-state index in [1.807, 2.05) is 42.5 Å². The molecule has 0 N–H and O–H groups in total. The lowest BCUT2D eigenvalue weighted by Crippen LogP contribution is -2.50. The van der Waals surface area contributed by atoms with Crippen molar-refractivity contribution in [2.45, 2.75) is 12.8 Å². The van der Waals surface area contributed by atoms with E-state index in [-0.39, 0.29) is 30.4 Å². The summed E-state index contributed by atoms with van der Waals surface area (Å²) < 4.78 is 10.5. The van der Waals surface area contributed by atoms with Gasteiger partial charge in [-0.1, -0.05) is 36.4 Å². The van der Waals surface area contributed by atoms with Crippen molar-refractivity contribution in [2.75, 3.05) is 40.4 Å². The molecule has 0 radical (unpaired) electrons. The van der Waals surface area contributed by atoms with Gasteiger partial charge in [0.15, 0.2) is 17.3 Å². The maximum absolute atomic E-state index is 12.9. The maximum Gasteiger partial charge on any atom is 0.254 e. The first-order chi connectivity index (χ1) is 16.5. The van der Waals surface area contributed by atoms with Crippen LogP contribution < -0.4 is 9.47 Å². The largest absolute Gasteiger partial charge is 0.493 e. The molecule has 7 nitrogen and oxygen atoms in total. The van der Waals surface area contributed by atoms with E-state index >= 15 is 0 Å². The summed E-state index contributed by atoms with van der Waals surface area (Å²) in [5.41, 5.74) is 1.13. The number of carbonyl (C=O) groups is 3. The Labute approximate surface area is 198 Å². The molecule has 0 atom stereocenters. The Morgan fingerprint density at radius 2 is 1.35 bits per heavy atom. The average molecular weight is 461 g/mol. The molecule has 1 fully saturated rings. The van der Waals surface area contributed by atoms with Crippen LogP contribution in [0.3, 0.4) is 0 Å². The first-order valence-corrected chi connectivity index (χ1v) is 11.3. The second kappa shape index (κ2) is 10.4.